The second-order valence-electron chi connectivity index (χ2n) is 6.28. The number of β-amino-alcohol motifs (C(OH)–C–C–N with tert-alkyl or cyclic N) is 1. The van der Waals surface area contributed by atoms with Crippen molar-refractivity contribution < 1.29 is 14.6 Å². The summed E-state index contributed by atoms with van der Waals surface area (Å²) in [5.41, 5.74) is 1.37. The van der Waals surface area contributed by atoms with E-state index < -0.39 is 6.10 Å². The van der Waals surface area contributed by atoms with Gasteiger partial charge in [-0.05, 0) is 25.0 Å². The summed E-state index contributed by atoms with van der Waals surface area (Å²) < 4.78 is 5.69. The van der Waals surface area contributed by atoms with Gasteiger partial charge >= 0.3 is 0 Å². The Morgan fingerprint density at radius 3 is 2.92 bits per heavy atom. The SMILES string of the molecule is CCCOc1ccccc1C(=O)N1CC(O)C(Cc2cnccn2)C1. The maximum atomic E-state index is 12.9. The van der Waals surface area contributed by atoms with Crippen LogP contribution in [0, 0.1) is 5.92 Å². The van der Waals surface area contributed by atoms with Gasteiger partial charge in [0.05, 0.1) is 24.0 Å². The van der Waals surface area contributed by atoms with Gasteiger partial charge in [0.2, 0.25) is 0 Å². The predicted octanol–water partition coefficient (Wildman–Crippen LogP) is 1.94. The van der Waals surface area contributed by atoms with Crippen LogP contribution >= 0.6 is 0 Å². The van der Waals surface area contributed by atoms with Crippen molar-refractivity contribution in [1.29, 1.82) is 0 Å². The van der Waals surface area contributed by atoms with Gasteiger partial charge < -0.3 is 14.7 Å². The van der Waals surface area contributed by atoms with E-state index >= 15 is 0 Å². The van der Waals surface area contributed by atoms with E-state index in [-0.39, 0.29) is 11.8 Å². The Bertz CT molecular complexity index is 708. The van der Waals surface area contributed by atoms with Gasteiger partial charge in [-0.25, -0.2) is 0 Å². The number of hydrogen-bond acceptors (Lipinski definition) is 5. The molecule has 0 radical (unpaired) electrons. The van der Waals surface area contributed by atoms with E-state index in [0.717, 1.165) is 12.1 Å². The fourth-order valence-corrected chi connectivity index (χ4v) is 3.08. The first-order valence-corrected chi connectivity index (χ1v) is 8.63. The van der Waals surface area contributed by atoms with Crippen LogP contribution in [0.25, 0.3) is 0 Å². The number of carbonyl (C=O) groups excluding carboxylic acids is 1. The lowest BCUT2D eigenvalue weighted by Gasteiger charge is -2.18. The van der Waals surface area contributed by atoms with Gasteiger partial charge in [-0.2, -0.15) is 0 Å². The smallest absolute Gasteiger partial charge is 0.257 e. The van der Waals surface area contributed by atoms with E-state index in [1.807, 2.05) is 25.1 Å². The Kier molecular flexibility index (Phi) is 5.60. The summed E-state index contributed by atoms with van der Waals surface area (Å²) in [6, 6.07) is 7.27. The van der Waals surface area contributed by atoms with Crippen LogP contribution in [0.3, 0.4) is 0 Å². The van der Waals surface area contributed by atoms with Crippen LogP contribution in [0.4, 0.5) is 0 Å². The third-order valence-electron chi connectivity index (χ3n) is 4.36. The van der Waals surface area contributed by atoms with E-state index in [4.69, 9.17) is 4.74 Å². The highest BCUT2D eigenvalue weighted by molar-refractivity contribution is 5.97. The quantitative estimate of drug-likeness (QED) is 0.869. The number of hydrogen-bond donors (Lipinski definition) is 1. The normalized spacial score (nSPS) is 19.8. The lowest BCUT2D eigenvalue weighted by molar-refractivity contribution is 0.0760. The standard InChI is InChI=1S/C19H23N3O3/c1-2-9-25-18-6-4-3-5-16(18)19(24)22-12-14(17(23)13-22)10-15-11-20-7-8-21-15/h3-8,11,14,17,23H,2,9-10,12-13H2,1H3. The summed E-state index contributed by atoms with van der Waals surface area (Å²) in [6.07, 6.45) is 5.89. The van der Waals surface area contributed by atoms with Gasteiger partial charge in [-0.3, -0.25) is 14.8 Å². The van der Waals surface area contributed by atoms with Crippen molar-refractivity contribution in [2.45, 2.75) is 25.9 Å². The summed E-state index contributed by atoms with van der Waals surface area (Å²) in [7, 11) is 0. The molecule has 0 saturated carbocycles. The van der Waals surface area contributed by atoms with Crippen molar-refractivity contribution in [2.75, 3.05) is 19.7 Å². The first kappa shape index (κ1) is 17.4. The molecule has 2 aromatic rings. The van der Waals surface area contributed by atoms with Gasteiger partial charge in [0.25, 0.3) is 5.91 Å². The maximum absolute atomic E-state index is 12.9. The summed E-state index contributed by atoms with van der Waals surface area (Å²) in [5.74, 6) is 0.456. The highest BCUT2D eigenvalue weighted by atomic mass is 16.5. The predicted molar refractivity (Wildman–Crippen MR) is 93.4 cm³/mol. The number of rotatable bonds is 6. The zero-order valence-corrected chi connectivity index (χ0v) is 14.3. The molecule has 0 spiro atoms. The highest BCUT2D eigenvalue weighted by Gasteiger charge is 2.35. The fraction of sp³-hybridized carbons (Fsp3) is 0.421. The molecule has 1 amide bonds. The lowest BCUT2D eigenvalue weighted by Crippen LogP contribution is -2.30. The van der Waals surface area contributed by atoms with Gasteiger partial charge in [-0.15, -0.1) is 0 Å². The molecule has 2 atom stereocenters. The third kappa shape index (κ3) is 4.14. The molecule has 1 saturated heterocycles. The molecule has 132 valence electrons. The number of para-hydroxylation sites is 1. The average molecular weight is 341 g/mol. The van der Waals surface area contributed by atoms with Crippen molar-refractivity contribution in [1.82, 2.24) is 14.9 Å². The Hall–Kier alpha value is -2.47. The average Bonchev–Trinajstić information content (AvgIpc) is 3.01. The first-order valence-electron chi connectivity index (χ1n) is 8.63. The number of aromatic nitrogens is 2. The van der Waals surface area contributed by atoms with E-state index in [0.29, 0.717) is 37.4 Å². The van der Waals surface area contributed by atoms with Gasteiger partial charge in [0.15, 0.2) is 0 Å². The summed E-state index contributed by atoms with van der Waals surface area (Å²) in [6.45, 7) is 3.42. The molecule has 0 bridgehead atoms. The van der Waals surface area contributed by atoms with Crippen LogP contribution in [0.15, 0.2) is 42.9 Å². The van der Waals surface area contributed by atoms with Crippen molar-refractivity contribution >= 4 is 5.91 Å². The van der Waals surface area contributed by atoms with Crippen molar-refractivity contribution in [2.24, 2.45) is 5.92 Å². The third-order valence-corrected chi connectivity index (χ3v) is 4.36. The van der Waals surface area contributed by atoms with E-state index in [2.05, 4.69) is 9.97 Å². The Labute approximate surface area is 147 Å². The first-order chi connectivity index (χ1) is 12.2. The number of carbonyl (C=O) groups is 1. The van der Waals surface area contributed by atoms with Crippen LogP contribution in [0.1, 0.15) is 29.4 Å². The summed E-state index contributed by atoms with van der Waals surface area (Å²) in [4.78, 5) is 22.9. The minimum absolute atomic E-state index is 0.0376. The molecule has 2 unspecified atom stereocenters. The van der Waals surface area contributed by atoms with Crippen LogP contribution in [-0.4, -0.2) is 51.7 Å². The number of aliphatic hydroxyl groups is 1. The van der Waals surface area contributed by atoms with Crippen molar-refractivity contribution in [3.05, 3.63) is 54.1 Å². The number of ether oxygens (including phenoxy) is 1. The van der Waals surface area contributed by atoms with Crippen molar-refractivity contribution in [3.63, 3.8) is 0 Å². The molecule has 2 heterocycles. The number of nitrogens with zero attached hydrogens (tertiary/aromatic N) is 3. The second-order valence-corrected chi connectivity index (χ2v) is 6.28. The fourth-order valence-electron chi connectivity index (χ4n) is 3.08. The largest absolute Gasteiger partial charge is 0.493 e. The zero-order chi connectivity index (χ0) is 17.6. The summed E-state index contributed by atoms with van der Waals surface area (Å²) >= 11 is 0. The van der Waals surface area contributed by atoms with Gasteiger partial charge in [0, 0.05) is 37.6 Å². The van der Waals surface area contributed by atoms with E-state index in [1.54, 1.807) is 29.6 Å². The topological polar surface area (TPSA) is 75.5 Å². The molecule has 6 heteroatoms. The number of amides is 1. The number of likely N-dealkylation sites (tertiary alicyclic amines) is 1. The molecule has 6 nitrogen and oxygen atoms in total. The van der Waals surface area contributed by atoms with E-state index in [1.165, 1.54) is 0 Å². The zero-order valence-electron chi connectivity index (χ0n) is 14.3. The molecule has 1 aliphatic rings. The second kappa shape index (κ2) is 8.07. The molecule has 1 aromatic carbocycles. The summed E-state index contributed by atoms with van der Waals surface area (Å²) in [5, 5.41) is 10.4. The maximum Gasteiger partial charge on any atom is 0.257 e. The van der Waals surface area contributed by atoms with E-state index in [9.17, 15) is 9.90 Å². The molecule has 3 rings (SSSR count). The molecular formula is C19H23N3O3. The Morgan fingerprint density at radius 2 is 2.16 bits per heavy atom. The van der Waals surface area contributed by atoms with Gasteiger partial charge in [-0.1, -0.05) is 19.1 Å². The molecule has 1 N–H and O–H groups in total. The monoisotopic (exact) mass is 341 g/mol. The molecular weight excluding hydrogens is 318 g/mol. The van der Waals surface area contributed by atoms with Crippen LogP contribution in [-0.2, 0) is 6.42 Å². The van der Waals surface area contributed by atoms with Crippen molar-refractivity contribution in [3.8, 4) is 5.75 Å². The molecule has 0 aliphatic carbocycles. The van der Waals surface area contributed by atoms with Crippen LogP contribution in [0.2, 0.25) is 0 Å². The molecule has 1 aliphatic heterocycles. The highest BCUT2D eigenvalue weighted by Crippen LogP contribution is 2.26. The lowest BCUT2D eigenvalue weighted by atomic mass is 10.0. The number of benzene rings is 1. The Morgan fingerprint density at radius 1 is 1.32 bits per heavy atom. The van der Waals surface area contributed by atoms with Gasteiger partial charge in [0.1, 0.15) is 5.75 Å². The number of aliphatic hydroxyl groups excluding tert-OH is 1. The van der Waals surface area contributed by atoms with Crippen LogP contribution < -0.4 is 4.74 Å². The van der Waals surface area contributed by atoms with Crippen LogP contribution in [0.5, 0.6) is 5.75 Å². The Balaban J connectivity index is 1.69. The molecule has 1 aromatic heterocycles. The molecule has 25 heavy (non-hydrogen) atoms. The minimum Gasteiger partial charge on any atom is -0.493 e. The molecule has 1 fully saturated rings. The minimum atomic E-state index is -0.560.